The van der Waals surface area contributed by atoms with Gasteiger partial charge in [0.2, 0.25) is 10.0 Å². The Morgan fingerprint density at radius 3 is 2.58 bits per heavy atom. The van der Waals surface area contributed by atoms with Crippen molar-refractivity contribution in [2.45, 2.75) is 11.8 Å². The van der Waals surface area contributed by atoms with Crippen LogP contribution in [0.2, 0.25) is 5.02 Å². The second kappa shape index (κ2) is 10.4. The molecule has 1 heterocycles. The van der Waals surface area contributed by atoms with Gasteiger partial charge in [-0.15, -0.1) is 0 Å². The van der Waals surface area contributed by atoms with E-state index >= 15 is 0 Å². The number of carbonyl (C=O) groups excluding carboxylic acids is 2. The first-order valence-corrected chi connectivity index (χ1v) is 11.7. The molecule has 0 radical (unpaired) electrons. The van der Waals surface area contributed by atoms with Crippen LogP contribution in [0, 0.1) is 6.92 Å². The van der Waals surface area contributed by atoms with Crippen LogP contribution in [0.15, 0.2) is 35.2 Å². The molecule has 1 aliphatic rings. The quantitative estimate of drug-likeness (QED) is 0.438. The van der Waals surface area contributed by atoms with Gasteiger partial charge in [0.05, 0.1) is 35.9 Å². The van der Waals surface area contributed by atoms with E-state index < -0.39 is 28.5 Å². The largest absolute Gasteiger partial charge is 0.496 e. The number of carbonyl (C=O) groups is 2. The summed E-state index contributed by atoms with van der Waals surface area (Å²) in [6.45, 7) is 2.27. The molecule has 0 unspecified atom stereocenters. The topological polar surface area (TPSA) is 137 Å². The van der Waals surface area contributed by atoms with Gasteiger partial charge in [-0.2, -0.15) is 4.31 Å². The number of nitrogens with zero attached hydrogens (tertiary/aromatic N) is 1. The Hall–Kier alpha value is -2.86. The van der Waals surface area contributed by atoms with E-state index in [2.05, 4.69) is 5.32 Å². The Bertz CT molecular complexity index is 1160. The zero-order chi connectivity index (χ0) is 24.2. The lowest BCUT2D eigenvalue weighted by Gasteiger charge is -2.26. The standard InChI is InChI=1S/C21H24ClN3O7S/c1-13-3-4-14(33(28,29)25-5-7-31-8-6-25)9-18(13)24-20(26)12-32-21(27)15-10-16(22)17(23)11-19(15)30-2/h3-4,9-11H,5-8,12,23H2,1-2H3,(H,24,26). The third kappa shape index (κ3) is 5.74. The highest BCUT2D eigenvalue weighted by molar-refractivity contribution is 7.89. The molecular weight excluding hydrogens is 474 g/mol. The molecule has 12 heteroatoms. The van der Waals surface area contributed by atoms with Crippen molar-refractivity contribution in [1.82, 2.24) is 4.31 Å². The zero-order valence-corrected chi connectivity index (χ0v) is 19.7. The fourth-order valence-electron chi connectivity index (χ4n) is 3.12. The normalized spacial score (nSPS) is 14.5. The number of nitrogens with two attached hydrogens (primary N) is 1. The molecule has 2 aromatic carbocycles. The van der Waals surface area contributed by atoms with Crippen molar-refractivity contribution in [3.8, 4) is 5.75 Å². The third-order valence-corrected chi connectivity index (χ3v) is 7.19. The smallest absolute Gasteiger partial charge is 0.342 e. The van der Waals surface area contributed by atoms with Crippen molar-refractivity contribution in [2.24, 2.45) is 0 Å². The molecule has 33 heavy (non-hydrogen) atoms. The molecular formula is C21H24ClN3O7S. The van der Waals surface area contributed by atoms with E-state index in [1.807, 2.05) is 0 Å². The zero-order valence-electron chi connectivity index (χ0n) is 18.1. The Kier molecular flexibility index (Phi) is 7.80. The number of hydrogen-bond donors (Lipinski definition) is 2. The number of methoxy groups -OCH3 is 1. The third-order valence-electron chi connectivity index (χ3n) is 4.96. The van der Waals surface area contributed by atoms with Gasteiger partial charge >= 0.3 is 5.97 Å². The molecule has 0 spiro atoms. The van der Waals surface area contributed by atoms with E-state index in [-0.39, 0.29) is 40.0 Å². The minimum Gasteiger partial charge on any atom is -0.496 e. The van der Waals surface area contributed by atoms with Crippen LogP contribution in [-0.4, -0.2) is 64.6 Å². The van der Waals surface area contributed by atoms with Crippen molar-refractivity contribution in [2.75, 3.05) is 51.1 Å². The highest BCUT2D eigenvalue weighted by atomic mass is 35.5. The summed E-state index contributed by atoms with van der Waals surface area (Å²) in [6.07, 6.45) is 0. The number of morpholine rings is 1. The van der Waals surface area contributed by atoms with Crippen molar-refractivity contribution in [3.05, 3.63) is 46.5 Å². The van der Waals surface area contributed by atoms with E-state index in [1.54, 1.807) is 13.0 Å². The molecule has 3 N–H and O–H groups in total. The van der Waals surface area contributed by atoms with Gasteiger partial charge in [0.25, 0.3) is 5.91 Å². The number of nitrogen functional groups attached to an aromatic ring is 1. The summed E-state index contributed by atoms with van der Waals surface area (Å²) in [6, 6.07) is 7.12. The molecule has 1 aliphatic heterocycles. The van der Waals surface area contributed by atoms with E-state index in [0.29, 0.717) is 24.5 Å². The van der Waals surface area contributed by atoms with Gasteiger partial charge in [-0.25, -0.2) is 13.2 Å². The van der Waals surface area contributed by atoms with Crippen LogP contribution in [0.5, 0.6) is 5.75 Å². The molecule has 10 nitrogen and oxygen atoms in total. The van der Waals surface area contributed by atoms with E-state index in [9.17, 15) is 18.0 Å². The van der Waals surface area contributed by atoms with E-state index in [0.717, 1.165) is 0 Å². The van der Waals surface area contributed by atoms with Crippen LogP contribution < -0.4 is 15.8 Å². The van der Waals surface area contributed by atoms with Crippen molar-refractivity contribution in [3.63, 3.8) is 0 Å². The highest BCUT2D eigenvalue weighted by Crippen LogP contribution is 2.29. The van der Waals surface area contributed by atoms with Gasteiger partial charge < -0.3 is 25.3 Å². The summed E-state index contributed by atoms with van der Waals surface area (Å²) in [5.74, 6) is -1.32. The number of benzene rings is 2. The SMILES string of the molecule is COc1cc(N)c(Cl)cc1C(=O)OCC(=O)Nc1cc(S(=O)(=O)N2CCOCC2)ccc1C. The molecule has 2 aromatic rings. The second-order valence-electron chi connectivity index (χ2n) is 7.19. The average Bonchev–Trinajstić information content (AvgIpc) is 2.80. The summed E-state index contributed by atoms with van der Waals surface area (Å²) in [7, 11) is -2.38. The van der Waals surface area contributed by atoms with Crippen molar-refractivity contribution < 1.29 is 32.2 Å². The van der Waals surface area contributed by atoms with E-state index in [1.165, 1.54) is 35.7 Å². The number of hydrogen-bond acceptors (Lipinski definition) is 8. The lowest BCUT2D eigenvalue weighted by molar-refractivity contribution is -0.119. The van der Waals surface area contributed by atoms with Crippen molar-refractivity contribution >= 4 is 44.9 Å². The molecule has 0 aliphatic carbocycles. The highest BCUT2D eigenvalue weighted by Gasteiger charge is 2.27. The van der Waals surface area contributed by atoms with Crippen LogP contribution in [0.3, 0.4) is 0 Å². The summed E-state index contributed by atoms with van der Waals surface area (Å²) in [5.41, 5.74) is 6.87. The summed E-state index contributed by atoms with van der Waals surface area (Å²) < 4.78 is 42.5. The first kappa shape index (κ1) is 24.8. The molecule has 0 saturated carbocycles. The van der Waals surface area contributed by atoms with Gasteiger partial charge in [-0.3, -0.25) is 4.79 Å². The van der Waals surface area contributed by atoms with Crippen LogP contribution in [0.4, 0.5) is 11.4 Å². The number of anilines is 2. The maximum Gasteiger partial charge on any atom is 0.342 e. The number of amides is 1. The molecule has 0 atom stereocenters. The summed E-state index contributed by atoms with van der Waals surface area (Å²) in [5, 5.41) is 2.72. The number of esters is 1. The Morgan fingerprint density at radius 2 is 1.91 bits per heavy atom. The number of rotatable bonds is 7. The monoisotopic (exact) mass is 497 g/mol. The minimum atomic E-state index is -3.73. The molecule has 1 fully saturated rings. The fourth-order valence-corrected chi connectivity index (χ4v) is 4.72. The second-order valence-corrected chi connectivity index (χ2v) is 9.54. The number of ether oxygens (including phenoxy) is 3. The van der Waals surface area contributed by atoms with E-state index in [4.69, 9.17) is 31.5 Å². The Labute approximate surface area is 196 Å². The number of aryl methyl sites for hydroxylation is 1. The Morgan fingerprint density at radius 1 is 1.21 bits per heavy atom. The van der Waals surface area contributed by atoms with Gasteiger partial charge in [-0.1, -0.05) is 17.7 Å². The summed E-state index contributed by atoms with van der Waals surface area (Å²) >= 11 is 5.95. The van der Waals surface area contributed by atoms with Gasteiger partial charge in [0.15, 0.2) is 6.61 Å². The number of sulfonamides is 1. The lowest BCUT2D eigenvalue weighted by atomic mass is 10.2. The summed E-state index contributed by atoms with van der Waals surface area (Å²) in [4.78, 5) is 24.8. The van der Waals surface area contributed by atoms with Crippen LogP contribution in [-0.2, 0) is 24.3 Å². The predicted octanol–water partition coefficient (Wildman–Crippen LogP) is 2.06. The molecule has 1 amide bonds. The van der Waals surface area contributed by atoms with Crippen LogP contribution >= 0.6 is 11.6 Å². The maximum atomic E-state index is 12.9. The van der Waals surface area contributed by atoms with Gasteiger partial charge in [-0.05, 0) is 30.7 Å². The molecule has 1 saturated heterocycles. The molecule has 0 aromatic heterocycles. The average molecular weight is 498 g/mol. The fraction of sp³-hybridized carbons (Fsp3) is 0.333. The molecule has 0 bridgehead atoms. The Balaban J connectivity index is 1.69. The van der Waals surface area contributed by atoms with Crippen molar-refractivity contribution in [1.29, 1.82) is 0 Å². The lowest BCUT2D eigenvalue weighted by Crippen LogP contribution is -2.40. The number of nitrogens with one attached hydrogen (secondary N) is 1. The first-order chi connectivity index (χ1) is 15.6. The van der Waals surface area contributed by atoms with Crippen LogP contribution in [0.1, 0.15) is 15.9 Å². The van der Waals surface area contributed by atoms with Crippen LogP contribution in [0.25, 0.3) is 0 Å². The molecule has 178 valence electrons. The van der Waals surface area contributed by atoms with Gasteiger partial charge in [0.1, 0.15) is 11.3 Å². The predicted molar refractivity (Wildman–Crippen MR) is 122 cm³/mol. The minimum absolute atomic E-state index is 0.0132. The molecule has 3 rings (SSSR count). The number of halogens is 1. The maximum absolute atomic E-state index is 12.9. The van der Waals surface area contributed by atoms with Gasteiger partial charge in [0, 0.05) is 24.8 Å². The first-order valence-electron chi connectivity index (χ1n) is 9.92.